The molecule has 11 aromatic rings. The first-order valence-corrected chi connectivity index (χ1v) is 18.9. The van der Waals surface area contributed by atoms with Crippen molar-refractivity contribution < 1.29 is 8.83 Å². The van der Waals surface area contributed by atoms with E-state index in [2.05, 4.69) is 146 Å². The Morgan fingerprint density at radius 3 is 1.22 bits per heavy atom. The van der Waals surface area contributed by atoms with Crippen LogP contribution in [0.5, 0.6) is 0 Å². The molecule has 0 bridgehead atoms. The number of rotatable bonds is 4. The molecule has 0 amide bonds. The minimum absolute atomic E-state index is 0.153. The van der Waals surface area contributed by atoms with Crippen molar-refractivity contribution in [3.63, 3.8) is 0 Å². The van der Waals surface area contributed by atoms with E-state index in [-0.39, 0.29) is 14.5 Å². The SMILES string of the molecule is c1ccc2c(-c3ccc4[se]c5c(-c6c7ccccc7c(-c7ccoc7)c7ccccc67)cccc5c4c3)c3ccccc3c(-c3ccoc3)c2c1. The molecule has 2 nitrogen and oxygen atoms in total. The van der Waals surface area contributed by atoms with Crippen molar-refractivity contribution in [2.24, 2.45) is 0 Å². The van der Waals surface area contributed by atoms with Gasteiger partial charge >= 0.3 is 301 Å². The van der Waals surface area contributed by atoms with Crippen molar-refractivity contribution in [2.45, 2.75) is 0 Å². The Kier molecular flexibility index (Phi) is 6.30. The Bertz CT molecular complexity index is 3010. The van der Waals surface area contributed by atoms with Crippen LogP contribution in [0.1, 0.15) is 0 Å². The van der Waals surface area contributed by atoms with Gasteiger partial charge in [0.2, 0.25) is 0 Å². The van der Waals surface area contributed by atoms with Gasteiger partial charge in [-0.15, -0.1) is 0 Å². The van der Waals surface area contributed by atoms with E-state index in [1.54, 1.807) is 12.5 Å². The van der Waals surface area contributed by atoms with Crippen molar-refractivity contribution in [3.8, 4) is 44.5 Å². The second kappa shape index (κ2) is 11.2. The first-order valence-electron chi connectivity index (χ1n) is 17.2. The molecule has 3 aromatic heterocycles. The summed E-state index contributed by atoms with van der Waals surface area (Å²) in [6.07, 6.45) is 7.25. The molecule has 8 aromatic carbocycles. The molecule has 238 valence electrons. The van der Waals surface area contributed by atoms with Gasteiger partial charge in [-0.2, -0.15) is 0 Å². The molecule has 0 N–H and O–H groups in total. The minimum atomic E-state index is 0.153. The summed E-state index contributed by atoms with van der Waals surface area (Å²) in [7, 11) is 0. The Labute approximate surface area is 299 Å². The van der Waals surface area contributed by atoms with Crippen LogP contribution in [0.4, 0.5) is 0 Å². The second-order valence-corrected chi connectivity index (χ2v) is 15.4. The summed E-state index contributed by atoms with van der Waals surface area (Å²) in [5.41, 5.74) is 9.82. The zero-order valence-electron chi connectivity index (χ0n) is 27.4. The third-order valence-corrected chi connectivity index (χ3v) is 13.1. The van der Waals surface area contributed by atoms with Gasteiger partial charge in [-0.05, 0) is 0 Å². The van der Waals surface area contributed by atoms with Gasteiger partial charge in [0.15, 0.2) is 0 Å². The van der Waals surface area contributed by atoms with Gasteiger partial charge in [0.1, 0.15) is 0 Å². The molecule has 0 aliphatic rings. The monoisotopic (exact) mass is 716 g/mol. The molecular weight excluding hydrogens is 687 g/mol. The van der Waals surface area contributed by atoms with Gasteiger partial charge in [0.05, 0.1) is 0 Å². The van der Waals surface area contributed by atoms with Crippen molar-refractivity contribution in [3.05, 3.63) is 171 Å². The van der Waals surface area contributed by atoms with Gasteiger partial charge < -0.3 is 0 Å². The van der Waals surface area contributed by atoms with E-state index in [1.807, 2.05) is 12.5 Å². The standard InChI is InChI=1S/C48H28O2Se/c1-3-12-34-32(10-1)44(33-11-2-4-13-35(33)45(34)30-22-24-49-27-30)29-20-21-43-42(26-29)40-18-9-19-41(48(40)51-43)47-38-16-7-5-14-36(38)46(31-23-25-50-28-31)37-15-6-8-17-39(37)47/h1-28H. The van der Waals surface area contributed by atoms with Crippen LogP contribution in [0.2, 0.25) is 0 Å². The number of fused-ring (bicyclic) bond motifs is 7. The molecule has 0 aliphatic heterocycles. The predicted octanol–water partition coefficient (Wildman–Crippen LogP) is 13.5. The quantitative estimate of drug-likeness (QED) is 0.134. The van der Waals surface area contributed by atoms with Crippen LogP contribution in [0, 0.1) is 0 Å². The Hall–Kier alpha value is -6.12. The molecule has 0 radical (unpaired) electrons. The number of hydrogen-bond donors (Lipinski definition) is 0. The molecule has 0 fully saturated rings. The Balaban J connectivity index is 1.19. The van der Waals surface area contributed by atoms with Gasteiger partial charge in [-0.25, -0.2) is 0 Å². The third kappa shape index (κ3) is 4.23. The van der Waals surface area contributed by atoms with Crippen LogP contribution < -0.4 is 0 Å². The summed E-state index contributed by atoms with van der Waals surface area (Å²) in [5, 5.41) is 12.7. The maximum atomic E-state index is 5.59. The predicted molar refractivity (Wildman–Crippen MR) is 215 cm³/mol. The van der Waals surface area contributed by atoms with Gasteiger partial charge in [-0.1, -0.05) is 0 Å². The number of benzene rings is 8. The fourth-order valence-electron chi connectivity index (χ4n) is 8.44. The summed E-state index contributed by atoms with van der Waals surface area (Å²) in [6, 6.07) is 53.6. The maximum absolute atomic E-state index is 5.59. The van der Waals surface area contributed by atoms with Crippen molar-refractivity contribution in [1.82, 2.24) is 0 Å². The van der Waals surface area contributed by atoms with Crippen LogP contribution >= 0.6 is 0 Å². The fourth-order valence-corrected chi connectivity index (χ4v) is 11.0. The zero-order valence-corrected chi connectivity index (χ0v) is 29.1. The van der Waals surface area contributed by atoms with Gasteiger partial charge in [-0.3, -0.25) is 0 Å². The van der Waals surface area contributed by atoms with Crippen molar-refractivity contribution >= 4 is 76.9 Å². The van der Waals surface area contributed by atoms with E-state index < -0.39 is 0 Å². The van der Waals surface area contributed by atoms with Crippen molar-refractivity contribution in [2.75, 3.05) is 0 Å². The van der Waals surface area contributed by atoms with Crippen LogP contribution in [0.3, 0.4) is 0 Å². The normalized spacial score (nSPS) is 11.9. The molecule has 0 saturated heterocycles. The summed E-state index contributed by atoms with van der Waals surface area (Å²) < 4.78 is 14.0. The van der Waals surface area contributed by atoms with E-state index in [1.165, 1.54) is 95.8 Å². The molecule has 0 saturated carbocycles. The van der Waals surface area contributed by atoms with E-state index in [4.69, 9.17) is 8.83 Å². The fraction of sp³-hybridized carbons (Fsp3) is 0. The molecule has 0 atom stereocenters. The molecule has 0 unspecified atom stereocenters. The topological polar surface area (TPSA) is 26.3 Å². The molecule has 0 aliphatic carbocycles. The average molecular weight is 716 g/mol. The van der Waals surface area contributed by atoms with E-state index in [9.17, 15) is 0 Å². The summed E-state index contributed by atoms with van der Waals surface area (Å²) in [6.45, 7) is 0. The second-order valence-electron chi connectivity index (χ2n) is 13.2. The summed E-state index contributed by atoms with van der Waals surface area (Å²) >= 11 is 0.153. The number of furan rings is 2. The Morgan fingerprint density at radius 2 is 0.765 bits per heavy atom. The van der Waals surface area contributed by atoms with Crippen LogP contribution in [0.15, 0.2) is 179 Å². The van der Waals surface area contributed by atoms with Crippen LogP contribution in [-0.4, -0.2) is 14.5 Å². The zero-order chi connectivity index (χ0) is 33.5. The van der Waals surface area contributed by atoms with Crippen molar-refractivity contribution in [1.29, 1.82) is 0 Å². The van der Waals surface area contributed by atoms with Crippen LogP contribution in [-0.2, 0) is 0 Å². The molecular formula is C48H28O2Se. The van der Waals surface area contributed by atoms with Gasteiger partial charge in [0.25, 0.3) is 0 Å². The summed E-state index contributed by atoms with van der Waals surface area (Å²) in [5.74, 6) is 0. The van der Waals surface area contributed by atoms with Crippen LogP contribution in [0.25, 0.3) is 107 Å². The Morgan fingerprint density at radius 1 is 0.333 bits per heavy atom. The van der Waals surface area contributed by atoms with E-state index in [0.29, 0.717) is 0 Å². The molecule has 11 rings (SSSR count). The average Bonchev–Trinajstić information content (AvgIpc) is 3.98. The molecule has 3 heteroatoms. The first-order chi connectivity index (χ1) is 25.3. The van der Waals surface area contributed by atoms with E-state index >= 15 is 0 Å². The van der Waals surface area contributed by atoms with E-state index in [0.717, 1.165) is 11.1 Å². The number of hydrogen-bond acceptors (Lipinski definition) is 2. The molecule has 3 heterocycles. The molecule has 51 heavy (non-hydrogen) atoms. The van der Waals surface area contributed by atoms with Gasteiger partial charge in [0, 0.05) is 0 Å². The first kappa shape index (κ1) is 28.7. The summed E-state index contributed by atoms with van der Waals surface area (Å²) in [4.78, 5) is 0. The third-order valence-electron chi connectivity index (χ3n) is 10.5. The molecule has 0 spiro atoms.